The van der Waals surface area contributed by atoms with Crippen LogP contribution in [0.1, 0.15) is 0 Å². The molecule has 132 valence electrons. The summed E-state index contributed by atoms with van der Waals surface area (Å²) in [5.74, 6) is -5.65. The second-order valence-corrected chi connectivity index (χ2v) is 4.79. The van der Waals surface area contributed by atoms with E-state index in [1.54, 1.807) is 0 Å². The summed E-state index contributed by atoms with van der Waals surface area (Å²) < 4.78 is 8.93. The third-order valence-corrected chi connectivity index (χ3v) is 2.34. The van der Waals surface area contributed by atoms with E-state index in [0.29, 0.717) is 12.2 Å². The Morgan fingerprint density at radius 3 is 1.21 bits per heavy atom. The minimum Gasteiger partial charge on any atom is -0.454 e. The molecule has 10 nitrogen and oxygen atoms in total. The molecular weight excluding hydrogens is 324 g/mol. The molecule has 0 fully saturated rings. The van der Waals surface area contributed by atoms with E-state index < -0.39 is 48.5 Å². The fourth-order valence-corrected chi connectivity index (χ4v) is 1.13. The Balaban J connectivity index is 4.25. The van der Waals surface area contributed by atoms with Crippen LogP contribution < -0.4 is 0 Å². The van der Waals surface area contributed by atoms with Crippen molar-refractivity contribution in [3.8, 4) is 0 Å². The molecule has 0 spiro atoms. The summed E-state index contributed by atoms with van der Waals surface area (Å²) in [6.07, 6.45) is 1.32. The lowest BCUT2D eigenvalue weighted by Gasteiger charge is -2.08. The second kappa shape index (κ2) is 9.87. The summed E-state index contributed by atoms with van der Waals surface area (Å²) in [5.41, 5.74) is 0. The van der Waals surface area contributed by atoms with Crippen LogP contribution in [0.4, 0.5) is 0 Å². The first-order chi connectivity index (χ1) is 11.1. The molecule has 0 saturated carbocycles. The number of Topliss-reactive ketones (excluding diaryl/α,β-unsaturated/α-hetero) is 2. The average molecular weight is 342 g/mol. The smallest absolute Gasteiger partial charge is 0.331 e. The van der Waals surface area contributed by atoms with Gasteiger partial charge in [-0.25, -0.2) is 9.59 Å². The molecule has 0 aliphatic heterocycles. The first-order valence-electron chi connectivity index (χ1n) is 6.56. The summed E-state index contributed by atoms with van der Waals surface area (Å²) >= 11 is 0. The largest absolute Gasteiger partial charge is 0.454 e. The Hall–Kier alpha value is -3.04. The van der Waals surface area contributed by atoms with Gasteiger partial charge in [-0.2, -0.15) is 0 Å². The number of carbonyl (C=O) groups is 6. The lowest BCUT2D eigenvalue weighted by molar-refractivity contribution is -0.151. The molecule has 0 aromatic rings. The van der Waals surface area contributed by atoms with Crippen molar-refractivity contribution in [1.82, 2.24) is 9.80 Å². The Kier molecular flexibility index (Phi) is 8.62. The SMILES string of the molecule is CN(C)C(=O)C(=O)COC(=O)/C=C/C(=O)OCC(=O)C(=O)N(C)C. The normalized spacial score (nSPS) is 10.0. The van der Waals surface area contributed by atoms with Crippen LogP contribution in [0.25, 0.3) is 0 Å². The molecule has 0 radical (unpaired) electrons. The monoisotopic (exact) mass is 342 g/mol. The maximum atomic E-state index is 11.3. The molecule has 0 heterocycles. The number of hydrogen-bond acceptors (Lipinski definition) is 8. The molecule has 0 unspecified atom stereocenters. The van der Waals surface area contributed by atoms with Gasteiger partial charge in [-0.3, -0.25) is 19.2 Å². The van der Waals surface area contributed by atoms with Crippen LogP contribution in [0.15, 0.2) is 12.2 Å². The highest BCUT2D eigenvalue weighted by molar-refractivity contribution is 6.37. The van der Waals surface area contributed by atoms with E-state index >= 15 is 0 Å². The molecule has 0 atom stereocenters. The van der Waals surface area contributed by atoms with E-state index in [0.717, 1.165) is 9.80 Å². The number of hydrogen-bond donors (Lipinski definition) is 0. The number of esters is 2. The highest BCUT2D eigenvalue weighted by atomic mass is 16.5. The Labute approximate surface area is 138 Å². The van der Waals surface area contributed by atoms with Crippen LogP contribution in [0, 0.1) is 0 Å². The van der Waals surface area contributed by atoms with Gasteiger partial charge in [0.25, 0.3) is 23.4 Å². The maximum absolute atomic E-state index is 11.3. The molecule has 0 N–H and O–H groups in total. The van der Waals surface area contributed by atoms with Crippen molar-refractivity contribution in [2.75, 3.05) is 41.4 Å². The molecule has 0 aliphatic rings. The quantitative estimate of drug-likeness (QED) is 0.280. The lowest BCUT2D eigenvalue weighted by atomic mass is 10.3. The molecule has 0 aliphatic carbocycles. The summed E-state index contributed by atoms with van der Waals surface area (Å²) in [6.45, 7) is -1.55. The average Bonchev–Trinajstić information content (AvgIpc) is 2.53. The topological polar surface area (TPSA) is 127 Å². The van der Waals surface area contributed by atoms with Gasteiger partial charge in [0.05, 0.1) is 0 Å². The third-order valence-electron chi connectivity index (χ3n) is 2.34. The van der Waals surface area contributed by atoms with Crippen molar-refractivity contribution < 1.29 is 38.2 Å². The minimum atomic E-state index is -1.05. The number of nitrogens with zero attached hydrogens (tertiary/aromatic N) is 2. The van der Waals surface area contributed by atoms with Gasteiger partial charge in [-0.05, 0) is 0 Å². The van der Waals surface area contributed by atoms with Gasteiger partial charge in [-0.15, -0.1) is 0 Å². The first kappa shape index (κ1) is 21.0. The number of ketones is 2. The van der Waals surface area contributed by atoms with E-state index in [9.17, 15) is 28.8 Å². The molecule has 10 heteroatoms. The van der Waals surface area contributed by atoms with Crippen molar-refractivity contribution in [1.29, 1.82) is 0 Å². The zero-order valence-corrected chi connectivity index (χ0v) is 13.7. The van der Waals surface area contributed by atoms with Crippen molar-refractivity contribution in [2.24, 2.45) is 0 Å². The summed E-state index contributed by atoms with van der Waals surface area (Å²) in [7, 11) is 5.45. The second-order valence-electron chi connectivity index (χ2n) is 4.79. The number of rotatable bonds is 8. The number of amides is 2. The third kappa shape index (κ3) is 7.82. The van der Waals surface area contributed by atoms with Crippen LogP contribution in [-0.2, 0) is 38.2 Å². The van der Waals surface area contributed by atoms with Crippen LogP contribution >= 0.6 is 0 Å². The predicted octanol–water partition coefficient (Wildman–Crippen LogP) is -2.06. The van der Waals surface area contributed by atoms with E-state index in [1.807, 2.05) is 0 Å². The molecular formula is C14H18N2O8. The summed E-state index contributed by atoms with van der Waals surface area (Å²) in [6, 6.07) is 0. The maximum Gasteiger partial charge on any atom is 0.331 e. The zero-order valence-electron chi connectivity index (χ0n) is 13.7. The molecule has 0 rings (SSSR count). The van der Waals surface area contributed by atoms with Crippen LogP contribution in [0.2, 0.25) is 0 Å². The van der Waals surface area contributed by atoms with Crippen molar-refractivity contribution in [3.63, 3.8) is 0 Å². The minimum absolute atomic E-state index is 0.661. The number of likely N-dealkylation sites (N-methyl/N-ethyl adjacent to an activating group) is 2. The van der Waals surface area contributed by atoms with E-state index in [4.69, 9.17) is 0 Å². The van der Waals surface area contributed by atoms with Gasteiger partial charge in [0.15, 0.2) is 13.2 Å². The van der Waals surface area contributed by atoms with Gasteiger partial charge in [0, 0.05) is 40.3 Å². The van der Waals surface area contributed by atoms with E-state index in [-0.39, 0.29) is 0 Å². The van der Waals surface area contributed by atoms with Crippen LogP contribution in [0.5, 0.6) is 0 Å². The van der Waals surface area contributed by atoms with Crippen molar-refractivity contribution >= 4 is 35.3 Å². The van der Waals surface area contributed by atoms with Gasteiger partial charge >= 0.3 is 11.9 Å². The fourth-order valence-electron chi connectivity index (χ4n) is 1.13. The molecule has 0 saturated heterocycles. The van der Waals surface area contributed by atoms with Crippen molar-refractivity contribution in [2.45, 2.75) is 0 Å². The molecule has 0 bridgehead atoms. The molecule has 24 heavy (non-hydrogen) atoms. The molecule has 2 amide bonds. The van der Waals surface area contributed by atoms with Crippen LogP contribution in [0.3, 0.4) is 0 Å². The van der Waals surface area contributed by atoms with Gasteiger partial charge in [0.2, 0.25) is 0 Å². The van der Waals surface area contributed by atoms with Gasteiger partial charge in [-0.1, -0.05) is 0 Å². The Morgan fingerprint density at radius 1 is 0.667 bits per heavy atom. The standard InChI is InChI=1S/C14H18N2O8/c1-15(2)13(21)9(17)7-23-11(19)5-6-12(20)24-8-10(18)14(22)16(3)4/h5-6H,7-8H2,1-4H3/b6-5+. The van der Waals surface area contributed by atoms with E-state index in [1.165, 1.54) is 28.2 Å². The van der Waals surface area contributed by atoms with Crippen molar-refractivity contribution in [3.05, 3.63) is 12.2 Å². The summed E-state index contributed by atoms with van der Waals surface area (Å²) in [5, 5.41) is 0. The first-order valence-corrected chi connectivity index (χ1v) is 6.56. The van der Waals surface area contributed by atoms with Gasteiger partial charge in [0.1, 0.15) is 0 Å². The Bertz CT molecular complexity index is 527. The fraction of sp³-hybridized carbons (Fsp3) is 0.429. The highest BCUT2D eigenvalue weighted by Gasteiger charge is 2.18. The number of carbonyl (C=O) groups excluding carboxylic acids is 6. The predicted molar refractivity (Wildman–Crippen MR) is 78.5 cm³/mol. The molecule has 0 aromatic heterocycles. The zero-order chi connectivity index (χ0) is 18.9. The van der Waals surface area contributed by atoms with Crippen LogP contribution in [-0.4, -0.2) is 86.5 Å². The summed E-state index contributed by atoms with van der Waals surface area (Å²) in [4.78, 5) is 69.5. The van der Waals surface area contributed by atoms with E-state index in [2.05, 4.69) is 9.47 Å². The lowest BCUT2D eigenvalue weighted by Crippen LogP contribution is -2.33. The highest BCUT2D eigenvalue weighted by Crippen LogP contribution is 1.90. The number of ether oxygens (including phenoxy) is 2. The molecule has 0 aromatic carbocycles. The Morgan fingerprint density at radius 2 is 0.958 bits per heavy atom. The van der Waals surface area contributed by atoms with Gasteiger partial charge < -0.3 is 19.3 Å².